The summed E-state index contributed by atoms with van der Waals surface area (Å²) in [6.45, 7) is 1.22. The summed E-state index contributed by atoms with van der Waals surface area (Å²) in [5.74, 6) is 0.295. The fourth-order valence-corrected chi connectivity index (χ4v) is 3.14. The normalized spacial score (nSPS) is 10.5. The maximum Gasteiger partial charge on any atom is 0.257 e. The van der Waals surface area contributed by atoms with E-state index in [1.165, 1.54) is 0 Å². The highest BCUT2D eigenvalue weighted by atomic mass is 79.9. The molecule has 3 aromatic rings. The molecule has 6 nitrogen and oxygen atoms in total. The number of benzene rings is 3. The molecular weight excluding hydrogens is 458 g/mol. The first-order valence-corrected chi connectivity index (χ1v) is 10.6. The van der Waals surface area contributed by atoms with Crippen LogP contribution in [0.4, 0.5) is 11.4 Å². The Kier molecular flexibility index (Phi) is 8.20. The van der Waals surface area contributed by atoms with Crippen LogP contribution in [0.25, 0.3) is 0 Å². The van der Waals surface area contributed by atoms with Crippen LogP contribution in [0.15, 0.2) is 83.3 Å². The third-order valence-electron chi connectivity index (χ3n) is 4.45. The lowest BCUT2D eigenvalue weighted by atomic mass is 10.1. The number of anilines is 2. The summed E-state index contributed by atoms with van der Waals surface area (Å²) in [5.41, 5.74) is 1.57. The minimum atomic E-state index is -0.279. The molecular formula is C24H24BrN3O3. The van der Waals surface area contributed by atoms with Crippen LogP contribution in [0.5, 0.6) is 5.75 Å². The molecule has 0 aliphatic heterocycles. The molecule has 0 saturated carbocycles. The Hall–Kier alpha value is -3.16. The smallest absolute Gasteiger partial charge is 0.257 e. The zero-order valence-corrected chi connectivity index (χ0v) is 18.8. The molecule has 0 spiro atoms. The molecule has 0 bridgehead atoms. The van der Waals surface area contributed by atoms with Crippen LogP contribution >= 0.6 is 15.9 Å². The van der Waals surface area contributed by atoms with E-state index in [-0.39, 0.29) is 18.4 Å². The van der Waals surface area contributed by atoms with Gasteiger partial charge in [-0.05, 0) is 55.6 Å². The molecule has 7 heteroatoms. The summed E-state index contributed by atoms with van der Waals surface area (Å²) in [7, 11) is 1.85. The highest BCUT2D eigenvalue weighted by molar-refractivity contribution is 9.10. The molecule has 3 rings (SSSR count). The summed E-state index contributed by atoms with van der Waals surface area (Å²) >= 11 is 3.39. The van der Waals surface area contributed by atoms with Crippen LogP contribution in [0.1, 0.15) is 10.4 Å². The fraction of sp³-hybridized carbons (Fsp3) is 0.167. The standard InChI is InChI=1S/C24H24BrN3O3/c1-28(15-16-31-20-13-11-18(25)12-14-20)17-23(29)27-22-10-6-5-9-21(22)24(30)26-19-7-3-2-4-8-19/h2-14H,15-17H2,1H3,(H,26,30)(H,27,29). The van der Waals surface area contributed by atoms with Crippen LogP contribution in [-0.2, 0) is 4.79 Å². The minimum absolute atomic E-state index is 0.179. The van der Waals surface area contributed by atoms with E-state index in [2.05, 4.69) is 26.6 Å². The Balaban J connectivity index is 1.50. The number of hydrogen-bond donors (Lipinski definition) is 2. The SMILES string of the molecule is CN(CCOc1ccc(Br)cc1)CC(=O)Nc1ccccc1C(=O)Nc1ccccc1. The zero-order valence-electron chi connectivity index (χ0n) is 17.2. The lowest BCUT2D eigenvalue weighted by molar-refractivity contribution is -0.117. The van der Waals surface area contributed by atoms with Crippen molar-refractivity contribution in [2.24, 2.45) is 0 Å². The first kappa shape index (κ1) is 22.5. The van der Waals surface area contributed by atoms with E-state index in [0.29, 0.717) is 30.1 Å². The first-order valence-electron chi connectivity index (χ1n) is 9.83. The monoisotopic (exact) mass is 481 g/mol. The Morgan fingerprint density at radius 2 is 1.58 bits per heavy atom. The highest BCUT2D eigenvalue weighted by Gasteiger charge is 2.14. The molecule has 0 aromatic heterocycles. The average Bonchev–Trinajstić information content (AvgIpc) is 2.76. The van der Waals surface area contributed by atoms with Crippen molar-refractivity contribution in [2.45, 2.75) is 0 Å². The van der Waals surface area contributed by atoms with E-state index < -0.39 is 0 Å². The number of carbonyl (C=O) groups excluding carboxylic acids is 2. The molecule has 0 heterocycles. The van der Waals surface area contributed by atoms with E-state index in [1.807, 2.05) is 66.5 Å². The van der Waals surface area contributed by atoms with E-state index >= 15 is 0 Å². The number of para-hydroxylation sites is 2. The highest BCUT2D eigenvalue weighted by Crippen LogP contribution is 2.18. The number of carbonyl (C=O) groups is 2. The third kappa shape index (κ3) is 7.24. The number of rotatable bonds is 9. The van der Waals surface area contributed by atoms with Gasteiger partial charge in [0.2, 0.25) is 5.91 Å². The quantitative estimate of drug-likeness (QED) is 0.466. The number of hydrogen-bond acceptors (Lipinski definition) is 4. The van der Waals surface area contributed by atoms with E-state index in [4.69, 9.17) is 4.74 Å². The fourth-order valence-electron chi connectivity index (χ4n) is 2.87. The van der Waals surface area contributed by atoms with Gasteiger partial charge < -0.3 is 15.4 Å². The first-order chi connectivity index (χ1) is 15.0. The van der Waals surface area contributed by atoms with Gasteiger partial charge in [-0.2, -0.15) is 0 Å². The second kappa shape index (κ2) is 11.3. The number of ether oxygens (including phenoxy) is 1. The van der Waals surface area contributed by atoms with Crippen LogP contribution in [-0.4, -0.2) is 43.5 Å². The van der Waals surface area contributed by atoms with Gasteiger partial charge in [-0.3, -0.25) is 14.5 Å². The zero-order chi connectivity index (χ0) is 22.1. The number of nitrogens with zero attached hydrogens (tertiary/aromatic N) is 1. The predicted octanol–water partition coefficient (Wildman–Crippen LogP) is 4.65. The molecule has 0 aliphatic carbocycles. The van der Waals surface area contributed by atoms with Gasteiger partial charge in [0, 0.05) is 16.7 Å². The van der Waals surface area contributed by atoms with Gasteiger partial charge in [0.15, 0.2) is 0 Å². The van der Waals surface area contributed by atoms with Gasteiger partial charge in [0.25, 0.3) is 5.91 Å². The number of likely N-dealkylation sites (N-methyl/N-ethyl adjacent to an activating group) is 1. The van der Waals surface area contributed by atoms with Gasteiger partial charge in [0.05, 0.1) is 17.8 Å². The molecule has 2 amide bonds. The average molecular weight is 482 g/mol. The second-order valence-corrected chi connectivity index (χ2v) is 7.87. The lowest BCUT2D eigenvalue weighted by Crippen LogP contribution is -2.33. The maximum atomic E-state index is 12.6. The third-order valence-corrected chi connectivity index (χ3v) is 4.98. The van der Waals surface area contributed by atoms with E-state index in [9.17, 15) is 9.59 Å². The lowest BCUT2D eigenvalue weighted by Gasteiger charge is -2.17. The number of amides is 2. The molecule has 160 valence electrons. The predicted molar refractivity (Wildman–Crippen MR) is 127 cm³/mol. The van der Waals surface area contributed by atoms with Crippen LogP contribution < -0.4 is 15.4 Å². The van der Waals surface area contributed by atoms with Gasteiger partial charge in [-0.1, -0.05) is 46.3 Å². The van der Waals surface area contributed by atoms with Crippen molar-refractivity contribution in [3.63, 3.8) is 0 Å². The van der Waals surface area contributed by atoms with Gasteiger partial charge >= 0.3 is 0 Å². The van der Waals surface area contributed by atoms with Crippen molar-refractivity contribution in [1.82, 2.24) is 4.90 Å². The molecule has 0 unspecified atom stereocenters. The second-order valence-electron chi connectivity index (χ2n) is 6.95. The summed E-state index contributed by atoms with van der Waals surface area (Å²) in [6.07, 6.45) is 0. The van der Waals surface area contributed by atoms with Crippen LogP contribution in [0, 0.1) is 0 Å². The molecule has 0 aliphatic rings. The maximum absolute atomic E-state index is 12.6. The minimum Gasteiger partial charge on any atom is -0.492 e. The molecule has 0 radical (unpaired) electrons. The van der Waals surface area contributed by atoms with Crippen LogP contribution in [0.2, 0.25) is 0 Å². The van der Waals surface area contributed by atoms with Crippen LogP contribution in [0.3, 0.4) is 0 Å². The van der Waals surface area contributed by atoms with E-state index in [0.717, 1.165) is 10.2 Å². The molecule has 3 aromatic carbocycles. The van der Waals surface area contributed by atoms with Gasteiger partial charge in [-0.15, -0.1) is 0 Å². The molecule has 0 saturated heterocycles. The molecule has 0 atom stereocenters. The van der Waals surface area contributed by atoms with Crippen molar-refractivity contribution in [1.29, 1.82) is 0 Å². The van der Waals surface area contributed by atoms with Crippen molar-refractivity contribution in [3.05, 3.63) is 88.9 Å². The molecule has 0 fully saturated rings. The Morgan fingerprint density at radius 1 is 0.903 bits per heavy atom. The number of nitrogens with one attached hydrogen (secondary N) is 2. The van der Waals surface area contributed by atoms with Gasteiger partial charge in [0.1, 0.15) is 12.4 Å². The summed E-state index contributed by atoms with van der Waals surface area (Å²) in [5, 5.41) is 5.67. The summed E-state index contributed by atoms with van der Waals surface area (Å²) in [4.78, 5) is 27.0. The van der Waals surface area contributed by atoms with E-state index in [1.54, 1.807) is 24.3 Å². The van der Waals surface area contributed by atoms with Crippen molar-refractivity contribution in [2.75, 3.05) is 37.4 Å². The van der Waals surface area contributed by atoms with Gasteiger partial charge in [-0.25, -0.2) is 0 Å². The largest absolute Gasteiger partial charge is 0.492 e. The van der Waals surface area contributed by atoms with Crippen molar-refractivity contribution >= 4 is 39.1 Å². The Bertz CT molecular complexity index is 1010. The van der Waals surface area contributed by atoms with Crippen molar-refractivity contribution < 1.29 is 14.3 Å². The Labute approximate surface area is 190 Å². The summed E-state index contributed by atoms with van der Waals surface area (Å²) in [6, 6.07) is 23.7. The topological polar surface area (TPSA) is 70.7 Å². The number of halogens is 1. The summed E-state index contributed by atoms with van der Waals surface area (Å²) < 4.78 is 6.68. The molecule has 2 N–H and O–H groups in total. The molecule has 31 heavy (non-hydrogen) atoms. The van der Waals surface area contributed by atoms with Crippen molar-refractivity contribution in [3.8, 4) is 5.75 Å². The Morgan fingerprint density at radius 3 is 2.32 bits per heavy atom.